The van der Waals surface area contributed by atoms with E-state index in [1.165, 1.54) is 4.90 Å². The van der Waals surface area contributed by atoms with E-state index >= 15 is 0 Å². The lowest BCUT2D eigenvalue weighted by atomic mass is 10.1. The molecule has 174 valence electrons. The molecule has 32 heavy (non-hydrogen) atoms. The van der Waals surface area contributed by atoms with E-state index in [1.54, 1.807) is 13.0 Å². The number of anilines is 1. The van der Waals surface area contributed by atoms with Crippen LogP contribution in [0.25, 0.3) is 0 Å². The number of carbonyl (C=O) groups is 2. The Morgan fingerprint density at radius 3 is 2.25 bits per heavy atom. The predicted molar refractivity (Wildman–Crippen MR) is 128 cm³/mol. The minimum absolute atomic E-state index is 0.203. The molecule has 0 fully saturated rings. The summed E-state index contributed by atoms with van der Waals surface area (Å²) in [5.41, 5.74) is 4.09. The number of likely N-dealkylation sites (N-methyl/N-ethyl adjacent to an activating group) is 1. The number of carbonyl (C=O) groups excluding carboxylic acids is 2. The number of sulfonamides is 1. The van der Waals surface area contributed by atoms with E-state index in [2.05, 4.69) is 5.32 Å². The zero-order chi connectivity index (χ0) is 24.1. The smallest absolute Gasteiger partial charge is 0.244 e. The van der Waals surface area contributed by atoms with Crippen LogP contribution >= 0.6 is 0 Å². The quantitative estimate of drug-likeness (QED) is 0.625. The van der Waals surface area contributed by atoms with Gasteiger partial charge in [-0.1, -0.05) is 42.0 Å². The molecule has 0 aliphatic heterocycles. The Kier molecular flexibility index (Phi) is 8.44. The highest BCUT2D eigenvalue weighted by Crippen LogP contribution is 2.24. The van der Waals surface area contributed by atoms with Gasteiger partial charge in [-0.2, -0.15) is 0 Å². The molecule has 7 nitrogen and oxygen atoms in total. The first-order chi connectivity index (χ1) is 15.0. The van der Waals surface area contributed by atoms with Crippen molar-refractivity contribution in [3.8, 4) is 0 Å². The Balaban J connectivity index is 2.43. The van der Waals surface area contributed by atoms with Gasteiger partial charge in [0.05, 0.1) is 11.9 Å². The summed E-state index contributed by atoms with van der Waals surface area (Å²) in [5.74, 6) is -0.732. The molecule has 0 spiro atoms. The van der Waals surface area contributed by atoms with Crippen molar-refractivity contribution >= 4 is 27.5 Å². The van der Waals surface area contributed by atoms with Gasteiger partial charge < -0.3 is 10.2 Å². The fourth-order valence-electron chi connectivity index (χ4n) is 3.56. The highest BCUT2D eigenvalue weighted by atomic mass is 32.2. The van der Waals surface area contributed by atoms with Crippen molar-refractivity contribution in [2.24, 2.45) is 0 Å². The van der Waals surface area contributed by atoms with Crippen molar-refractivity contribution in [3.05, 3.63) is 64.7 Å². The average molecular weight is 460 g/mol. The Morgan fingerprint density at radius 2 is 1.69 bits per heavy atom. The highest BCUT2D eigenvalue weighted by Gasteiger charge is 2.30. The Bertz CT molecular complexity index is 1080. The maximum absolute atomic E-state index is 13.5. The molecule has 2 rings (SSSR count). The Hall–Kier alpha value is -2.87. The first-order valence-electron chi connectivity index (χ1n) is 10.6. The molecule has 0 aliphatic rings. The van der Waals surface area contributed by atoms with Crippen LogP contribution < -0.4 is 9.62 Å². The van der Waals surface area contributed by atoms with Gasteiger partial charge in [0.2, 0.25) is 21.8 Å². The summed E-state index contributed by atoms with van der Waals surface area (Å²) < 4.78 is 26.4. The first kappa shape index (κ1) is 25.4. The highest BCUT2D eigenvalue weighted by molar-refractivity contribution is 7.92. The predicted octanol–water partition coefficient (Wildman–Crippen LogP) is 2.93. The lowest BCUT2D eigenvalue weighted by Gasteiger charge is -2.32. The third-order valence-corrected chi connectivity index (χ3v) is 6.55. The second-order valence-electron chi connectivity index (χ2n) is 8.08. The summed E-state index contributed by atoms with van der Waals surface area (Å²) >= 11 is 0. The molecule has 0 aliphatic carbocycles. The molecule has 1 atom stereocenters. The molecule has 0 unspecified atom stereocenters. The van der Waals surface area contributed by atoms with Gasteiger partial charge in [-0.25, -0.2) is 8.42 Å². The van der Waals surface area contributed by atoms with E-state index in [1.807, 2.05) is 64.1 Å². The van der Waals surface area contributed by atoms with E-state index < -0.39 is 28.5 Å². The van der Waals surface area contributed by atoms with Gasteiger partial charge >= 0.3 is 0 Å². The topological polar surface area (TPSA) is 86.8 Å². The van der Waals surface area contributed by atoms with Gasteiger partial charge in [-0.3, -0.25) is 13.9 Å². The summed E-state index contributed by atoms with van der Waals surface area (Å²) in [6, 6.07) is 12.3. The molecular weight excluding hydrogens is 426 g/mol. The zero-order valence-corrected chi connectivity index (χ0v) is 20.5. The summed E-state index contributed by atoms with van der Waals surface area (Å²) in [6.07, 6.45) is 1.08. The number of rotatable bonds is 9. The lowest BCUT2D eigenvalue weighted by molar-refractivity contribution is -0.139. The molecule has 0 saturated carbocycles. The largest absolute Gasteiger partial charge is 0.355 e. The van der Waals surface area contributed by atoms with Crippen LogP contribution in [-0.4, -0.2) is 50.5 Å². The molecule has 1 N–H and O–H groups in total. The first-order valence-corrected chi connectivity index (χ1v) is 12.5. The van der Waals surface area contributed by atoms with Crippen LogP contribution in [0.15, 0.2) is 42.5 Å². The van der Waals surface area contributed by atoms with Crippen molar-refractivity contribution < 1.29 is 18.0 Å². The minimum Gasteiger partial charge on any atom is -0.355 e. The molecule has 8 heteroatoms. The number of amides is 2. The van der Waals surface area contributed by atoms with Crippen LogP contribution in [-0.2, 0) is 26.2 Å². The summed E-state index contributed by atoms with van der Waals surface area (Å²) in [5, 5.41) is 2.75. The van der Waals surface area contributed by atoms with E-state index in [0.29, 0.717) is 12.2 Å². The van der Waals surface area contributed by atoms with E-state index in [4.69, 9.17) is 0 Å². The number of benzene rings is 2. The Labute approximate surface area is 191 Å². The van der Waals surface area contributed by atoms with Crippen molar-refractivity contribution in [3.63, 3.8) is 0 Å². The third-order valence-electron chi connectivity index (χ3n) is 5.42. The normalized spacial score (nSPS) is 12.2. The van der Waals surface area contributed by atoms with Gasteiger partial charge in [-0.15, -0.1) is 0 Å². The van der Waals surface area contributed by atoms with Crippen molar-refractivity contribution in [2.45, 2.75) is 47.2 Å². The zero-order valence-electron chi connectivity index (χ0n) is 19.7. The van der Waals surface area contributed by atoms with Crippen LogP contribution in [0.1, 0.15) is 36.1 Å². The van der Waals surface area contributed by atoms with Crippen LogP contribution in [0.2, 0.25) is 0 Å². The fourth-order valence-corrected chi connectivity index (χ4v) is 4.46. The van der Waals surface area contributed by atoms with Crippen LogP contribution in [0.4, 0.5) is 5.69 Å². The number of nitrogens with one attached hydrogen (secondary N) is 1. The maximum Gasteiger partial charge on any atom is 0.244 e. The van der Waals surface area contributed by atoms with Crippen LogP contribution in [0.5, 0.6) is 0 Å². The number of hydrogen-bond acceptors (Lipinski definition) is 4. The van der Waals surface area contributed by atoms with E-state index in [0.717, 1.165) is 32.8 Å². The lowest BCUT2D eigenvalue weighted by Crippen LogP contribution is -2.51. The number of hydrogen-bond donors (Lipinski definition) is 1. The number of nitrogens with zero attached hydrogens (tertiary/aromatic N) is 2. The second kappa shape index (κ2) is 10.6. The van der Waals surface area contributed by atoms with Crippen LogP contribution in [0, 0.1) is 20.8 Å². The van der Waals surface area contributed by atoms with Crippen molar-refractivity contribution in [1.29, 1.82) is 0 Å². The third kappa shape index (κ3) is 6.32. The molecule has 0 bridgehead atoms. The van der Waals surface area contributed by atoms with Gasteiger partial charge in [0.1, 0.15) is 12.6 Å². The molecule has 2 aromatic carbocycles. The van der Waals surface area contributed by atoms with Gasteiger partial charge in [0, 0.05) is 13.1 Å². The van der Waals surface area contributed by atoms with Gasteiger partial charge in [0.15, 0.2) is 0 Å². The molecule has 2 aromatic rings. The van der Waals surface area contributed by atoms with Gasteiger partial charge in [0.25, 0.3) is 0 Å². The second-order valence-corrected chi connectivity index (χ2v) is 9.99. The van der Waals surface area contributed by atoms with Gasteiger partial charge in [-0.05, 0) is 57.4 Å². The molecule has 0 saturated heterocycles. The maximum atomic E-state index is 13.5. The minimum atomic E-state index is -3.73. The van der Waals surface area contributed by atoms with Crippen molar-refractivity contribution in [2.75, 3.05) is 23.7 Å². The number of aryl methyl sites for hydroxylation is 3. The van der Waals surface area contributed by atoms with E-state index in [9.17, 15) is 18.0 Å². The molecule has 0 heterocycles. The van der Waals surface area contributed by atoms with Crippen LogP contribution in [0.3, 0.4) is 0 Å². The van der Waals surface area contributed by atoms with E-state index in [-0.39, 0.29) is 12.5 Å². The standard InChI is InChI=1S/C24H33N3O4S/c1-7-25-24(29)20(5)26(15-21-11-9-8-10-18(21)3)23(28)16-27(32(6,30)31)22-13-12-17(2)14-19(22)4/h8-14,20H,7,15-16H2,1-6H3,(H,25,29)/t20-/m1/s1. The molecule has 0 aromatic heterocycles. The molecule has 2 amide bonds. The monoisotopic (exact) mass is 459 g/mol. The SMILES string of the molecule is CCNC(=O)[C@@H](C)N(Cc1ccccc1C)C(=O)CN(c1ccc(C)cc1C)S(C)(=O)=O. The summed E-state index contributed by atoms with van der Waals surface area (Å²) in [4.78, 5) is 27.5. The molecular formula is C24H33N3O4S. The summed E-state index contributed by atoms with van der Waals surface area (Å²) in [6.45, 7) is 9.39. The summed E-state index contributed by atoms with van der Waals surface area (Å²) in [7, 11) is -3.73. The fraction of sp³-hybridized carbons (Fsp3) is 0.417. The average Bonchev–Trinajstić information content (AvgIpc) is 2.70. The van der Waals surface area contributed by atoms with Crippen molar-refractivity contribution in [1.82, 2.24) is 10.2 Å². The Morgan fingerprint density at radius 1 is 1.03 bits per heavy atom. The molecule has 0 radical (unpaired) electrons.